The fourth-order valence-electron chi connectivity index (χ4n) is 3.97. The Balaban J connectivity index is 1.70. The van der Waals surface area contributed by atoms with E-state index in [9.17, 15) is 23.1 Å². The summed E-state index contributed by atoms with van der Waals surface area (Å²) in [5.74, 6) is 0.835. The Kier molecular flexibility index (Phi) is 6.30. The van der Waals surface area contributed by atoms with Gasteiger partial charge in [-0.05, 0) is 48.2 Å². The van der Waals surface area contributed by atoms with E-state index in [1.54, 1.807) is 19.3 Å². The molecule has 4 rings (SSSR count). The van der Waals surface area contributed by atoms with Crippen molar-refractivity contribution in [3.05, 3.63) is 64.7 Å². The molecule has 3 aromatic rings. The van der Waals surface area contributed by atoms with E-state index in [4.69, 9.17) is 0 Å². The van der Waals surface area contributed by atoms with Crippen LogP contribution in [-0.2, 0) is 26.2 Å². The summed E-state index contributed by atoms with van der Waals surface area (Å²) in [4.78, 5) is 18.8. The van der Waals surface area contributed by atoms with E-state index < -0.39 is 23.8 Å². The molecule has 11 heteroatoms. The zero-order valence-corrected chi connectivity index (χ0v) is 19.0. The van der Waals surface area contributed by atoms with Gasteiger partial charge in [-0.3, -0.25) is 9.69 Å². The summed E-state index contributed by atoms with van der Waals surface area (Å²) in [6.45, 7) is 3.59. The van der Waals surface area contributed by atoms with E-state index in [1.165, 1.54) is 17.0 Å². The lowest BCUT2D eigenvalue weighted by molar-refractivity contribution is -0.138. The van der Waals surface area contributed by atoms with Crippen LogP contribution in [0.25, 0.3) is 0 Å². The van der Waals surface area contributed by atoms with Crippen molar-refractivity contribution in [2.45, 2.75) is 45.0 Å². The summed E-state index contributed by atoms with van der Waals surface area (Å²) in [6, 6.07) is 7.15. The number of aliphatic hydroxyl groups is 1. The number of carbonyl (C=O) groups is 1. The lowest BCUT2D eigenvalue weighted by Crippen LogP contribution is -2.25. The highest BCUT2D eigenvalue weighted by atomic mass is 19.4. The van der Waals surface area contributed by atoms with Crippen molar-refractivity contribution in [1.29, 1.82) is 0 Å². The molecule has 0 bridgehead atoms. The number of pyridine rings is 1. The Labute approximate surface area is 194 Å². The van der Waals surface area contributed by atoms with Crippen LogP contribution in [0, 0.1) is 0 Å². The third kappa shape index (κ3) is 4.74. The summed E-state index contributed by atoms with van der Waals surface area (Å²) in [5.41, 5.74) is -0.0357. The fraction of sp³-hybridized carbons (Fsp3) is 0.391. The first-order chi connectivity index (χ1) is 16.0. The number of halogens is 3. The molecule has 0 radical (unpaired) electrons. The molecule has 2 atom stereocenters. The van der Waals surface area contributed by atoms with Crippen LogP contribution in [0.15, 0.2) is 36.7 Å². The van der Waals surface area contributed by atoms with Gasteiger partial charge in [-0.25, -0.2) is 4.98 Å². The highest BCUT2D eigenvalue weighted by Crippen LogP contribution is 2.39. The predicted octanol–water partition coefficient (Wildman–Crippen LogP) is 3.53. The number of rotatable bonds is 7. The first kappa shape index (κ1) is 23.7. The molecule has 0 spiro atoms. The number of nitrogens with zero attached hydrogens (tertiary/aromatic N) is 5. The highest BCUT2D eigenvalue weighted by Gasteiger charge is 2.40. The van der Waals surface area contributed by atoms with Crippen molar-refractivity contribution < 1.29 is 23.1 Å². The number of carbonyl (C=O) groups excluding carboxylic acids is 1. The molecule has 1 amide bonds. The molecule has 0 saturated carbocycles. The summed E-state index contributed by atoms with van der Waals surface area (Å²) in [5, 5.41) is 20.7. The van der Waals surface area contributed by atoms with Crippen LogP contribution in [0.3, 0.4) is 0 Å². The number of anilines is 2. The van der Waals surface area contributed by atoms with Crippen molar-refractivity contribution >= 4 is 17.5 Å². The Bertz CT molecular complexity index is 1210. The minimum Gasteiger partial charge on any atom is -0.392 e. The molecule has 1 aliphatic heterocycles. The van der Waals surface area contributed by atoms with Crippen molar-refractivity contribution in [3.8, 4) is 0 Å². The maximum Gasteiger partial charge on any atom is 0.416 e. The number of aromatic nitrogens is 4. The summed E-state index contributed by atoms with van der Waals surface area (Å²) >= 11 is 0. The first-order valence-electron chi connectivity index (χ1n) is 10.8. The normalized spacial score (nSPS) is 15.4. The molecule has 8 nitrogen and oxygen atoms in total. The van der Waals surface area contributed by atoms with E-state index in [-0.39, 0.29) is 36.0 Å². The molecule has 1 aliphatic rings. The van der Waals surface area contributed by atoms with Crippen LogP contribution in [0.4, 0.5) is 24.8 Å². The van der Waals surface area contributed by atoms with Crippen LogP contribution in [-0.4, -0.2) is 43.4 Å². The Hall–Kier alpha value is -3.47. The number of alkyl halides is 3. The highest BCUT2D eigenvalue weighted by molar-refractivity contribution is 6.10. The van der Waals surface area contributed by atoms with Gasteiger partial charge < -0.3 is 15.0 Å². The van der Waals surface area contributed by atoms with Crippen LogP contribution >= 0.6 is 0 Å². The van der Waals surface area contributed by atoms with Gasteiger partial charge in [0.1, 0.15) is 23.8 Å². The van der Waals surface area contributed by atoms with Crippen LogP contribution in [0.2, 0.25) is 0 Å². The molecular weight excluding hydrogens is 449 g/mol. The quantitative estimate of drug-likeness (QED) is 0.544. The number of aryl methyl sites for hydroxylation is 1. The van der Waals surface area contributed by atoms with Gasteiger partial charge in [-0.1, -0.05) is 13.0 Å². The smallest absolute Gasteiger partial charge is 0.392 e. The zero-order valence-electron chi connectivity index (χ0n) is 19.0. The maximum absolute atomic E-state index is 13.5. The largest absolute Gasteiger partial charge is 0.416 e. The fourth-order valence-corrected chi connectivity index (χ4v) is 3.97. The van der Waals surface area contributed by atoms with Crippen molar-refractivity contribution in [2.24, 2.45) is 7.05 Å². The van der Waals surface area contributed by atoms with Gasteiger partial charge in [0.25, 0.3) is 5.91 Å². The van der Waals surface area contributed by atoms with E-state index in [0.717, 1.165) is 17.5 Å². The number of amides is 1. The summed E-state index contributed by atoms with van der Waals surface area (Å²) < 4.78 is 42.4. The molecule has 180 valence electrons. The van der Waals surface area contributed by atoms with Gasteiger partial charge in [0.05, 0.1) is 18.2 Å². The minimum absolute atomic E-state index is 0.0210. The van der Waals surface area contributed by atoms with E-state index in [0.29, 0.717) is 12.2 Å². The van der Waals surface area contributed by atoms with Crippen LogP contribution in [0.1, 0.15) is 52.6 Å². The third-order valence-electron chi connectivity index (χ3n) is 5.83. The van der Waals surface area contributed by atoms with Crippen molar-refractivity contribution in [1.82, 2.24) is 19.7 Å². The number of hydrogen-bond acceptors (Lipinski definition) is 6. The topological polar surface area (TPSA) is 96.2 Å². The minimum atomic E-state index is -4.56. The van der Waals surface area contributed by atoms with Crippen molar-refractivity contribution in [3.63, 3.8) is 0 Å². The van der Waals surface area contributed by atoms with E-state index >= 15 is 0 Å². The number of nitrogens with one attached hydrogen (secondary N) is 1. The monoisotopic (exact) mass is 474 g/mol. The van der Waals surface area contributed by atoms with Gasteiger partial charge in [0, 0.05) is 25.6 Å². The lowest BCUT2D eigenvalue weighted by Gasteiger charge is -2.20. The molecule has 2 aromatic heterocycles. The maximum atomic E-state index is 13.5. The molecule has 0 saturated heterocycles. The number of hydrogen-bond donors (Lipinski definition) is 2. The molecule has 0 aliphatic carbocycles. The number of fused-ring (bicyclic) bond motifs is 1. The molecule has 34 heavy (non-hydrogen) atoms. The number of benzene rings is 1. The Morgan fingerprint density at radius 2 is 2.00 bits per heavy atom. The van der Waals surface area contributed by atoms with Crippen LogP contribution < -0.4 is 10.2 Å². The second-order valence-corrected chi connectivity index (χ2v) is 8.56. The molecule has 0 unspecified atom stereocenters. The molecule has 1 aromatic carbocycles. The van der Waals surface area contributed by atoms with Gasteiger partial charge >= 0.3 is 6.18 Å². The standard InChI is InChI=1S/C23H25F3N6O2/c1-13(7-21-30-28-12-31(21)3)15-8-19(27-10-14(2)33)29-20(9-15)32-11-17-16(22(32)34)5-4-6-18(17)23(24,25)26/h4-6,8-9,12-14,33H,7,10-11H2,1-3H3,(H,27,29)/t13-,14+/m1/s1. The Morgan fingerprint density at radius 1 is 1.24 bits per heavy atom. The summed E-state index contributed by atoms with van der Waals surface area (Å²) in [7, 11) is 1.84. The first-order valence-corrected chi connectivity index (χ1v) is 10.8. The van der Waals surface area contributed by atoms with E-state index in [1.807, 2.05) is 24.6 Å². The molecule has 0 fully saturated rings. The molecule has 2 N–H and O–H groups in total. The Morgan fingerprint density at radius 3 is 2.65 bits per heavy atom. The lowest BCUT2D eigenvalue weighted by atomic mass is 9.98. The zero-order chi connectivity index (χ0) is 24.6. The van der Waals surface area contributed by atoms with E-state index in [2.05, 4.69) is 20.5 Å². The number of aliphatic hydroxyl groups excluding tert-OH is 1. The van der Waals surface area contributed by atoms with Crippen LogP contribution in [0.5, 0.6) is 0 Å². The molecular formula is C23H25F3N6O2. The van der Waals surface area contributed by atoms with Gasteiger partial charge in [-0.15, -0.1) is 10.2 Å². The van der Waals surface area contributed by atoms with Gasteiger partial charge in [0.2, 0.25) is 0 Å². The second kappa shape index (κ2) is 9.05. The predicted molar refractivity (Wildman–Crippen MR) is 119 cm³/mol. The van der Waals surface area contributed by atoms with Gasteiger partial charge in [-0.2, -0.15) is 13.2 Å². The van der Waals surface area contributed by atoms with Gasteiger partial charge in [0.15, 0.2) is 0 Å². The summed E-state index contributed by atoms with van der Waals surface area (Å²) in [6.07, 6.45) is -3.04. The average molecular weight is 474 g/mol. The average Bonchev–Trinajstić information content (AvgIpc) is 3.34. The SMILES string of the molecule is C[C@H](O)CNc1cc([C@H](C)Cc2nncn2C)cc(N2Cc3c(cccc3C(F)(F)F)C2=O)n1. The van der Waals surface area contributed by atoms with Crippen molar-refractivity contribution in [2.75, 3.05) is 16.8 Å². The third-order valence-corrected chi connectivity index (χ3v) is 5.83. The molecule has 3 heterocycles. The second-order valence-electron chi connectivity index (χ2n) is 8.56.